The van der Waals surface area contributed by atoms with Crippen LogP contribution in [0.15, 0.2) is 18.2 Å². The summed E-state index contributed by atoms with van der Waals surface area (Å²) in [5.41, 5.74) is 5.09. The summed E-state index contributed by atoms with van der Waals surface area (Å²) in [6, 6.07) is 3.07. The molecule has 0 spiro atoms. The van der Waals surface area contributed by atoms with Gasteiger partial charge in [0.1, 0.15) is 5.82 Å². The van der Waals surface area contributed by atoms with Crippen LogP contribution in [0.2, 0.25) is 5.02 Å². The number of aromatic nitrogens is 3. The molecule has 1 aliphatic rings. The van der Waals surface area contributed by atoms with E-state index in [-0.39, 0.29) is 42.1 Å². The Bertz CT molecular complexity index is 755. The van der Waals surface area contributed by atoms with E-state index in [1.165, 1.54) is 12.1 Å². The molecule has 13 heteroatoms. The smallest absolute Gasteiger partial charge is 0.378 e. The molecule has 158 valence electrons. The Hall–Kier alpha value is -1.46. The summed E-state index contributed by atoms with van der Waals surface area (Å²) in [4.78, 5) is 6.36. The number of alkyl halides is 3. The van der Waals surface area contributed by atoms with Crippen molar-refractivity contribution in [3.8, 4) is 0 Å². The summed E-state index contributed by atoms with van der Waals surface area (Å²) >= 11 is 5.64. The van der Waals surface area contributed by atoms with Crippen LogP contribution in [-0.4, -0.2) is 48.0 Å². The molecule has 2 heterocycles. The van der Waals surface area contributed by atoms with Crippen molar-refractivity contribution >= 4 is 48.1 Å². The van der Waals surface area contributed by atoms with Crippen molar-refractivity contribution in [1.82, 2.24) is 15.2 Å². The van der Waals surface area contributed by atoms with E-state index in [0.717, 1.165) is 6.07 Å². The number of ether oxygens (including phenoxy) is 1. The van der Waals surface area contributed by atoms with E-state index >= 15 is 0 Å². The largest absolute Gasteiger partial charge is 0.417 e. The monoisotopic (exact) mass is 462 g/mol. The van der Waals surface area contributed by atoms with Gasteiger partial charge in [0.25, 0.3) is 0 Å². The van der Waals surface area contributed by atoms with Crippen LogP contribution >= 0.6 is 36.4 Å². The van der Waals surface area contributed by atoms with Gasteiger partial charge in [-0.1, -0.05) is 11.6 Å². The Morgan fingerprint density at radius 1 is 1.29 bits per heavy atom. The van der Waals surface area contributed by atoms with Crippen LogP contribution in [0.4, 0.5) is 24.8 Å². The third kappa shape index (κ3) is 5.77. The molecule has 7 nitrogen and oxygen atoms in total. The third-order valence-corrected chi connectivity index (χ3v) is 4.29. The van der Waals surface area contributed by atoms with Gasteiger partial charge in [-0.05, 0) is 18.2 Å². The minimum atomic E-state index is -4.54. The highest BCUT2D eigenvalue weighted by Crippen LogP contribution is 2.36. The van der Waals surface area contributed by atoms with Gasteiger partial charge in [0.05, 0.1) is 29.8 Å². The molecule has 2 aromatic rings. The van der Waals surface area contributed by atoms with Gasteiger partial charge < -0.3 is 20.7 Å². The first-order valence-electron chi connectivity index (χ1n) is 7.97. The summed E-state index contributed by atoms with van der Waals surface area (Å²) in [5, 5.41) is 9.54. The molecule has 1 saturated heterocycles. The van der Waals surface area contributed by atoms with Gasteiger partial charge in [-0.25, -0.2) is 0 Å². The molecule has 28 heavy (non-hydrogen) atoms. The average Bonchev–Trinajstić information content (AvgIpc) is 3.10. The summed E-state index contributed by atoms with van der Waals surface area (Å²) in [7, 11) is 0. The van der Waals surface area contributed by atoms with E-state index in [0.29, 0.717) is 38.1 Å². The molecular weight excluding hydrogens is 444 g/mol. The number of hydrogen-bond donors (Lipinski definition) is 3. The lowest BCUT2D eigenvalue weighted by atomic mass is 10.1. The fourth-order valence-corrected chi connectivity index (χ4v) is 2.82. The second-order valence-electron chi connectivity index (χ2n) is 5.75. The first-order chi connectivity index (χ1) is 12.4. The summed E-state index contributed by atoms with van der Waals surface area (Å²) in [6.45, 7) is 2.64. The average molecular weight is 464 g/mol. The van der Waals surface area contributed by atoms with Gasteiger partial charge in [-0.3, -0.25) is 5.10 Å². The number of rotatable bonds is 5. The topological polar surface area (TPSA) is 92.1 Å². The zero-order valence-corrected chi connectivity index (χ0v) is 16.9. The Morgan fingerprint density at radius 3 is 2.57 bits per heavy atom. The number of benzene rings is 1. The molecular formula is C15H20Cl3F3N6O. The van der Waals surface area contributed by atoms with Crippen molar-refractivity contribution in [3.63, 3.8) is 0 Å². The number of halogens is 6. The van der Waals surface area contributed by atoms with Crippen LogP contribution in [0.3, 0.4) is 0 Å². The molecule has 4 N–H and O–H groups in total. The Morgan fingerprint density at radius 2 is 1.96 bits per heavy atom. The van der Waals surface area contributed by atoms with Crippen molar-refractivity contribution in [2.75, 3.05) is 43.1 Å². The van der Waals surface area contributed by atoms with Crippen LogP contribution in [0.1, 0.15) is 17.4 Å². The standard InChI is InChI=1S/C15H18ClF3N6O.2ClH/c16-11-2-1-9(7-10(11)15(17,18)19)21-12(8-20)13-22-14(24-23-13)25-3-5-26-6-4-25;;/h1-2,7,12,21H,3-6,8,20H2,(H,22,23,24);2*1H. The number of H-pyrrole nitrogens is 1. The number of nitrogens with two attached hydrogens (primary N) is 1. The van der Waals surface area contributed by atoms with E-state index in [2.05, 4.69) is 20.5 Å². The lowest BCUT2D eigenvalue weighted by molar-refractivity contribution is -0.137. The van der Waals surface area contributed by atoms with Gasteiger partial charge in [0.2, 0.25) is 5.95 Å². The molecule has 1 atom stereocenters. The van der Waals surface area contributed by atoms with Crippen molar-refractivity contribution in [3.05, 3.63) is 34.6 Å². The summed E-state index contributed by atoms with van der Waals surface area (Å²) in [6.07, 6.45) is -4.54. The fourth-order valence-electron chi connectivity index (χ4n) is 2.60. The zero-order chi connectivity index (χ0) is 18.7. The maximum atomic E-state index is 13.0. The number of hydrogen-bond acceptors (Lipinski definition) is 6. The van der Waals surface area contributed by atoms with Crippen LogP contribution < -0.4 is 16.0 Å². The molecule has 1 aromatic carbocycles. The number of morpholine rings is 1. The Labute approximate surface area is 177 Å². The highest BCUT2D eigenvalue weighted by atomic mass is 35.5. The molecule has 3 rings (SSSR count). The normalized spacial score (nSPS) is 15.4. The number of aromatic amines is 1. The predicted octanol–water partition coefficient (Wildman–Crippen LogP) is 3.27. The van der Waals surface area contributed by atoms with Gasteiger partial charge in [0.15, 0.2) is 0 Å². The molecule has 0 radical (unpaired) electrons. The molecule has 0 saturated carbocycles. The molecule has 0 aliphatic carbocycles. The van der Waals surface area contributed by atoms with Gasteiger partial charge >= 0.3 is 6.18 Å². The number of nitrogens with zero attached hydrogens (tertiary/aromatic N) is 3. The summed E-state index contributed by atoms with van der Waals surface area (Å²) < 4.78 is 44.3. The fraction of sp³-hybridized carbons (Fsp3) is 0.467. The van der Waals surface area contributed by atoms with Gasteiger partial charge in [-0.2, -0.15) is 18.2 Å². The summed E-state index contributed by atoms with van der Waals surface area (Å²) in [5.74, 6) is 0.952. The van der Waals surface area contributed by atoms with Crippen molar-refractivity contribution in [2.24, 2.45) is 5.73 Å². The number of nitrogens with one attached hydrogen (secondary N) is 2. The van der Waals surface area contributed by atoms with Crippen molar-refractivity contribution < 1.29 is 17.9 Å². The molecule has 1 unspecified atom stereocenters. The van der Waals surface area contributed by atoms with Crippen LogP contribution in [0.25, 0.3) is 0 Å². The first-order valence-corrected chi connectivity index (χ1v) is 8.34. The quantitative estimate of drug-likeness (QED) is 0.630. The first kappa shape index (κ1) is 24.6. The SMILES string of the molecule is Cl.Cl.NCC(Nc1ccc(Cl)c(C(F)(F)F)c1)c1nc(N2CCOCC2)n[nH]1. The Balaban J connectivity index is 0.00000196. The highest BCUT2D eigenvalue weighted by Gasteiger charge is 2.33. The van der Waals surface area contributed by atoms with Crippen molar-refractivity contribution in [2.45, 2.75) is 12.2 Å². The predicted molar refractivity (Wildman–Crippen MR) is 106 cm³/mol. The second kappa shape index (κ2) is 10.4. The molecule has 0 amide bonds. The Kier molecular flexibility index (Phi) is 9.09. The molecule has 1 aliphatic heterocycles. The van der Waals surface area contributed by atoms with E-state index in [1.54, 1.807) is 0 Å². The van der Waals surface area contributed by atoms with Gasteiger partial charge in [-0.15, -0.1) is 29.9 Å². The minimum Gasteiger partial charge on any atom is -0.378 e. The molecule has 1 fully saturated rings. The third-order valence-electron chi connectivity index (χ3n) is 3.96. The lowest BCUT2D eigenvalue weighted by Gasteiger charge is -2.25. The van der Waals surface area contributed by atoms with E-state index < -0.39 is 17.8 Å². The highest BCUT2D eigenvalue weighted by molar-refractivity contribution is 6.31. The number of anilines is 2. The lowest BCUT2D eigenvalue weighted by Crippen LogP contribution is -2.37. The maximum absolute atomic E-state index is 13.0. The van der Waals surface area contributed by atoms with Crippen LogP contribution in [-0.2, 0) is 10.9 Å². The minimum absolute atomic E-state index is 0. The second-order valence-corrected chi connectivity index (χ2v) is 6.15. The molecule has 0 bridgehead atoms. The zero-order valence-electron chi connectivity index (χ0n) is 14.5. The maximum Gasteiger partial charge on any atom is 0.417 e. The van der Waals surface area contributed by atoms with Crippen LogP contribution in [0, 0.1) is 0 Å². The van der Waals surface area contributed by atoms with Crippen molar-refractivity contribution in [1.29, 1.82) is 0 Å². The van der Waals surface area contributed by atoms with E-state index in [4.69, 9.17) is 22.1 Å². The van der Waals surface area contributed by atoms with E-state index in [1.807, 2.05) is 4.90 Å². The van der Waals surface area contributed by atoms with Gasteiger partial charge in [0, 0.05) is 25.3 Å². The van der Waals surface area contributed by atoms with Crippen LogP contribution in [0.5, 0.6) is 0 Å². The molecule has 1 aromatic heterocycles. The van der Waals surface area contributed by atoms with E-state index in [9.17, 15) is 13.2 Å².